The Morgan fingerprint density at radius 3 is 2.87 bits per heavy atom. The minimum atomic E-state index is -0.351. The molecule has 1 amide bonds. The van der Waals surface area contributed by atoms with E-state index in [1.54, 1.807) is 4.90 Å². The van der Waals surface area contributed by atoms with Gasteiger partial charge in [0.05, 0.1) is 13.2 Å². The first kappa shape index (κ1) is 10.4. The number of carbonyl (C=O) groups is 2. The molecule has 0 radical (unpaired) electrons. The second-order valence-electron chi connectivity index (χ2n) is 4.12. The zero-order valence-electron chi connectivity index (χ0n) is 8.86. The molecule has 1 heterocycles. The summed E-state index contributed by atoms with van der Waals surface area (Å²) >= 11 is 0. The van der Waals surface area contributed by atoms with Crippen LogP contribution < -0.4 is 5.32 Å². The van der Waals surface area contributed by atoms with Gasteiger partial charge in [-0.15, -0.1) is 0 Å². The van der Waals surface area contributed by atoms with Crippen LogP contribution in [0, 0.1) is 0 Å². The highest BCUT2D eigenvalue weighted by atomic mass is 16.5. The lowest BCUT2D eigenvalue weighted by molar-refractivity contribution is -0.145. The fraction of sp³-hybridized carbons (Fsp3) is 0.800. The Hall–Kier alpha value is -1.10. The Morgan fingerprint density at radius 2 is 2.27 bits per heavy atom. The third-order valence-electron chi connectivity index (χ3n) is 2.86. The van der Waals surface area contributed by atoms with Gasteiger partial charge >= 0.3 is 5.97 Å². The van der Waals surface area contributed by atoms with Gasteiger partial charge in [-0.2, -0.15) is 0 Å². The van der Waals surface area contributed by atoms with Crippen LogP contribution in [-0.4, -0.2) is 49.1 Å². The number of esters is 1. The quantitative estimate of drug-likeness (QED) is 0.639. The molecule has 1 aliphatic heterocycles. The van der Waals surface area contributed by atoms with Crippen molar-refractivity contribution in [1.82, 2.24) is 10.2 Å². The molecular weight excluding hydrogens is 196 g/mol. The first-order chi connectivity index (χ1) is 7.20. The maximum Gasteiger partial charge on any atom is 0.325 e. The Labute approximate surface area is 88.8 Å². The Kier molecular flexibility index (Phi) is 2.90. The van der Waals surface area contributed by atoms with Crippen molar-refractivity contribution in [2.45, 2.75) is 31.3 Å². The van der Waals surface area contributed by atoms with Gasteiger partial charge in [0.1, 0.15) is 6.54 Å². The van der Waals surface area contributed by atoms with Gasteiger partial charge < -0.3 is 15.0 Å². The molecule has 0 spiro atoms. The summed E-state index contributed by atoms with van der Waals surface area (Å²) in [4.78, 5) is 24.4. The van der Waals surface area contributed by atoms with E-state index in [1.165, 1.54) is 20.0 Å². The van der Waals surface area contributed by atoms with E-state index >= 15 is 0 Å². The van der Waals surface area contributed by atoms with Crippen molar-refractivity contribution in [3.63, 3.8) is 0 Å². The molecule has 1 saturated carbocycles. The largest absolute Gasteiger partial charge is 0.468 e. The summed E-state index contributed by atoms with van der Waals surface area (Å²) in [5, 5.41) is 3.28. The van der Waals surface area contributed by atoms with Gasteiger partial charge in [-0.1, -0.05) is 0 Å². The first-order valence-electron chi connectivity index (χ1n) is 5.32. The maximum atomic E-state index is 11.8. The lowest BCUT2D eigenvalue weighted by Crippen LogP contribution is -2.41. The summed E-state index contributed by atoms with van der Waals surface area (Å²) < 4.78 is 4.54. The Bertz CT molecular complexity index is 276. The van der Waals surface area contributed by atoms with E-state index in [-0.39, 0.29) is 24.5 Å². The minimum Gasteiger partial charge on any atom is -0.468 e. The summed E-state index contributed by atoms with van der Waals surface area (Å²) in [6, 6.07) is 0.444. The van der Waals surface area contributed by atoms with Crippen LogP contribution in [0.2, 0.25) is 0 Å². The van der Waals surface area contributed by atoms with Gasteiger partial charge in [0, 0.05) is 12.6 Å². The van der Waals surface area contributed by atoms with Crippen LogP contribution in [0.1, 0.15) is 19.3 Å². The fourth-order valence-electron chi connectivity index (χ4n) is 1.81. The number of nitrogens with zero attached hydrogens (tertiary/aromatic N) is 1. The molecule has 0 aromatic rings. The van der Waals surface area contributed by atoms with E-state index < -0.39 is 0 Å². The van der Waals surface area contributed by atoms with Crippen LogP contribution in [-0.2, 0) is 14.3 Å². The molecule has 1 N–H and O–H groups in total. The van der Waals surface area contributed by atoms with Crippen molar-refractivity contribution >= 4 is 11.9 Å². The smallest absolute Gasteiger partial charge is 0.325 e. The van der Waals surface area contributed by atoms with Gasteiger partial charge in [0.2, 0.25) is 5.91 Å². The predicted molar refractivity (Wildman–Crippen MR) is 53.2 cm³/mol. The van der Waals surface area contributed by atoms with Crippen LogP contribution in [0.4, 0.5) is 0 Å². The third-order valence-corrected chi connectivity index (χ3v) is 2.86. The van der Waals surface area contributed by atoms with Crippen molar-refractivity contribution in [2.75, 3.05) is 20.2 Å². The normalized spacial score (nSPS) is 25.8. The average Bonchev–Trinajstić information content (AvgIpc) is 2.98. The number of hydrogen-bond acceptors (Lipinski definition) is 4. The minimum absolute atomic E-state index is 0.0345. The van der Waals surface area contributed by atoms with E-state index in [0.29, 0.717) is 12.6 Å². The van der Waals surface area contributed by atoms with Crippen molar-refractivity contribution in [3.8, 4) is 0 Å². The van der Waals surface area contributed by atoms with Gasteiger partial charge in [-0.05, 0) is 19.3 Å². The SMILES string of the molecule is COC(=O)CN1CCC(NC2CC2)C1=O. The maximum absolute atomic E-state index is 11.8. The summed E-state index contributed by atoms with van der Waals surface area (Å²) in [6.07, 6.45) is 3.13. The van der Waals surface area contributed by atoms with Gasteiger partial charge in [0.25, 0.3) is 0 Å². The predicted octanol–water partition coefficient (Wildman–Crippen LogP) is -0.488. The highest BCUT2D eigenvalue weighted by Crippen LogP contribution is 2.22. The van der Waals surface area contributed by atoms with Gasteiger partial charge in [-0.3, -0.25) is 9.59 Å². The van der Waals surface area contributed by atoms with Crippen molar-refractivity contribution in [3.05, 3.63) is 0 Å². The monoisotopic (exact) mass is 212 g/mol. The molecule has 84 valence electrons. The molecule has 1 saturated heterocycles. The van der Waals surface area contributed by atoms with Crippen LogP contribution in [0.15, 0.2) is 0 Å². The number of ether oxygens (including phenoxy) is 1. The number of hydrogen-bond donors (Lipinski definition) is 1. The molecular formula is C10H16N2O3. The number of likely N-dealkylation sites (tertiary alicyclic amines) is 1. The summed E-state index contributed by atoms with van der Waals surface area (Å²) in [5.41, 5.74) is 0. The highest BCUT2D eigenvalue weighted by molar-refractivity contribution is 5.87. The van der Waals surface area contributed by atoms with E-state index in [0.717, 1.165) is 6.42 Å². The van der Waals surface area contributed by atoms with E-state index in [2.05, 4.69) is 10.1 Å². The second-order valence-corrected chi connectivity index (χ2v) is 4.12. The van der Waals surface area contributed by atoms with Gasteiger partial charge in [-0.25, -0.2) is 0 Å². The number of amides is 1. The molecule has 5 heteroatoms. The van der Waals surface area contributed by atoms with Crippen LogP contribution in [0.25, 0.3) is 0 Å². The fourth-order valence-corrected chi connectivity index (χ4v) is 1.81. The van der Waals surface area contributed by atoms with Crippen molar-refractivity contribution in [1.29, 1.82) is 0 Å². The lowest BCUT2D eigenvalue weighted by Gasteiger charge is -2.15. The average molecular weight is 212 g/mol. The molecule has 1 unspecified atom stereocenters. The summed E-state index contributed by atoms with van der Waals surface area (Å²) in [6.45, 7) is 0.733. The Morgan fingerprint density at radius 1 is 1.53 bits per heavy atom. The van der Waals surface area contributed by atoms with Crippen LogP contribution in [0.3, 0.4) is 0 Å². The summed E-state index contributed by atoms with van der Waals surface area (Å²) in [7, 11) is 1.34. The molecule has 0 aromatic heterocycles. The molecule has 1 atom stereocenters. The van der Waals surface area contributed by atoms with Crippen LogP contribution in [0.5, 0.6) is 0 Å². The number of carbonyl (C=O) groups excluding carboxylic acids is 2. The second kappa shape index (κ2) is 4.18. The molecule has 2 rings (SSSR count). The molecule has 2 fully saturated rings. The lowest BCUT2D eigenvalue weighted by atomic mass is 10.2. The zero-order chi connectivity index (χ0) is 10.8. The van der Waals surface area contributed by atoms with Crippen LogP contribution >= 0.6 is 0 Å². The molecule has 0 aromatic carbocycles. The molecule has 0 bridgehead atoms. The number of nitrogens with one attached hydrogen (secondary N) is 1. The molecule has 15 heavy (non-hydrogen) atoms. The van der Waals surface area contributed by atoms with Crippen molar-refractivity contribution in [2.24, 2.45) is 0 Å². The molecule has 2 aliphatic rings. The molecule has 5 nitrogen and oxygen atoms in total. The highest BCUT2D eigenvalue weighted by Gasteiger charge is 2.36. The van der Waals surface area contributed by atoms with E-state index in [9.17, 15) is 9.59 Å². The summed E-state index contributed by atoms with van der Waals surface area (Å²) in [5.74, 6) is -0.317. The standard InChI is InChI=1S/C10H16N2O3/c1-15-9(13)6-12-5-4-8(10(12)14)11-7-2-3-7/h7-8,11H,2-6H2,1H3. The zero-order valence-corrected chi connectivity index (χ0v) is 8.86. The first-order valence-corrected chi connectivity index (χ1v) is 5.32. The molecule has 1 aliphatic carbocycles. The topological polar surface area (TPSA) is 58.6 Å². The Balaban J connectivity index is 1.82. The van der Waals surface area contributed by atoms with E-state index in [1.807, 2.05) is 0 Å². The van der Waals surface area contributed by atoms with Gasteiger partial charge in [0.15, 0.2) is 0 Å². The van der Waals surface area contributed by atoms with E-state index in [4.69, 9.17) is 0 Å². The van der Waals surface area contributed by atoms with Crippen molar-refractivity contribution < 1.29 is 14.3 Å². The third kappa shape index (κ3) is 2.47. The number of methoxy groups -OCH3 is 1. The number of rotatable bonds is 4.